The number of fused-ring (bicyclic) bond motifs is 1. The normalized spacial score (nSPS) is 10.7. The van der Waals surface area contributed by atoms with Crippen LogP contribution >= 0.6 is 24.0 Å². The first-order valence-electron chi connectivity index (χ1n) is 3.66. The van der Waals surface area contributed by atoms with Crippen molar-refractivity contribution in [3.8, 4) is 5.75 Å². The summed E-state index contributed by atoms with van der Waals surface area (Å²) < 4.78 is 19.0. The number of benzene rings is 1. The largest absolute Gasteiger partial charge is 0.496 e. The Morgan fingerprint density at radius 3 is 2.92 bits per heavy atom. The molecule has 2 rings (SSSR count). The maximum absolute atomic E-state index is 13.2. The molecule has 0 aliphatic carbocycles. The highest BCUT2D eigenvalue weighted by Crippen LogP contribution is 2.37. The van der Waals surface area contributed by atoms with Gasteiger partial charge in [0.2, 0.25) is 0 Å². The summed E-state index contributed by atoms with van der Waals surface area (Å²) in [5.74, 6) is 0.448. The molecule has 0 radical (unpaired) electrons. The first kappa shape index (κ1) is 8.84. The van der Waals surface area contributed by atoms with E-state index in [-0.39, 0.29) is 5.82 Å². The maximum atomic E-state index is 13.2. The van der Waals surface area contributed by atoms with Crippen LogP contribution in [0.2, 0.25) is 0 Å². The van der Waals surface area contributed by atoms with E-state index in [1.807, 2.05) is 0 Å². The van der Waals surface area contributed by atoms with Crippen LogP contribution in [0.4, 0.5) is 4.39 Å². The van der Waals surface area contributed by atoms with Gasteiger partial charge in [0.15, 0.2) is 0 Å². The van der Waals surface area contributed by atoms with Crippen molar-refractivity contribution >= 4 is 34.1 Å². The monoisotopic (exact) mass is 214 g/mol. The summed E-state index contributed by atoms with van der Waals surface area (Å²) in [6.45, 7) is 0. The molecule has 0 saturated carbocycles. The zero-order valence-electron chi connectivity index (χ0n) is 6.87. The Kier molecular flexibility index (Phi) is 2.17. The minimum atomic E-state index is -0.221. The predicted octanol–water partition coefficient (Wildman–Crippen LogP) is 3.34. The summed E-state index contributed by atoms with van der Waals surface area (Å²) in [5, 5.41) is 2.56. The van der Waals surface area contributed by atoms with E-state index in [4.69, 9.17) is 4.74 Å². The molecule has 4 heteroatoms. The van der Waals surface area contributed by atoms with Crippen LogP contribution in [-0.2, 0) is 0 Å². The number of methoxy groups -OCH3 is 1. The van der Waals surface area contributed by atoms with Gasteiger partial charge in [-0.2, -0.15) is 0 Å². The predicted molar refractivity (Wildman–Crippen MR) is 55.6 cm³/mol. The van der Waals surface area contributed by atoms with Crippen LogP contribution in [0, 0.1) is 5.82 Å². The molecule has 68 valence electrons. The third-order valence-electron chi connectivity index (χ3n) is 1.84. The molecule has 0 N–H and O–H groups in total. The second-order valence-corrected chi connectivity index (χ2v) is 3.94. The van der Waals surface area contributed by atoms with Crippen LogP contribution in [0.5, 0.6) is 5.75 Å². The van der Waals surface area contributed by atoms with Crippen molar-refractivity contribution < 1.29 is 9.13 Å². The van der Waals surface area contributed by atoms with Gasteiger partial charge >= 0.3 is 0 Å². The molecule has 0 atom stereocenters. The summed E-state index contributed by atoms with van der Waals surface area (Å²) >= 11 is 5.57. The van der Waals surface area contributed by atoms with Crippen molar-refractivity contribution in [1.29, 1.82) is 0 Å². The molecule has 1 aromatic heterocycles. The van der Waals surface area contributed by atoms with Gasteiger partial charge in [-0.25, -0.2) is 4.39 Å². The van der Waals surface area contributed by atoms with E-state index >= 15 is 0 Å². The molecule has 0 unspecified atom stereocenters. The van der Waals surface area contributed by atoms with Crippen LogP contribution in [0.1, 0.15) is 0 Å². The topological polar surface area (TPSA) is 9.23 Å². The summed E-state index contributed by atoms with van der Waals surface area (Å²) in [7, 11) is 1.57. The third-order valence-corrected chi connectivity index (χ3v) is 3.35. The van der Waals surface area contributed by atoms with Crippen molar-refractivity contribution in [3.63, 3.8) is 0 Å². The number of hydrogen-bond donors (Lipinski definition) is 1. The van der Waals surface area contributed by atoms with Crippen molar-refractivity contribution in [2.75, 3.05) is 7.11 Å². The SMILES string of the molecule is COc1ccc(F)c2scc(S)c12. The first-order chi connectivity index (χ1) is 6.24. The lowest BCUT2D eigenvalue weighted by atomic mass is 10.2. The van der Waals surface area contributed by atoms with Crippen LogP contribution in [0.15, 0.2) is 22.4 Å². The van der Waals surface area contributed by atoms with Crippen molar-refractivity contribution in [2.45, 2.75) is 4.90 Å². The second-order valence-electron chi connectivity index (χ2n) is 2.57. The van der Waals surface area contributed by atoms with Crippen LogP contribution in [0.25, 0.3) is 10.1 Å². The molecule has 0 fully saturated rings. The van der Waals surface area contributed by atoms with Gasteiger partial charge in [-0.05, 0) is 12.1 Å². The smallest absolute Gasteiger partial charge is 0.141 e. The maximum Gasteiger partial charge on any atom is 0.141 e. The number of thiophene rings is 1. The lowest BCUT2D eigenvalue weighted by Crippen LogP contribution is -1.84. The summed E-state index contributed by atoms with van der Waals surface area (Å²) in [6, 6.07) is 3.02. The van der Waals surface area contributed by atoms with Crippen LogP contribution < -0.4 is 4.74 Å². The van der Waals surface area contributed by atoms with E-state index in [1.165, 1.54) is 17.4 Å². The minimum absolute atomic E-state index is 0.221. The number of rotatable bonds is 1. The molecular formula is C9H7FOS2. The van der Waals surface area contributed by atoms with Crippen molar-refractivity contribution in [1.82, 2.24) is 0 Å². The van der Waals surface area contributed by atoms with E-state index in [0.717, 1.165) is 10.3 Å². The lowest BCUT2D eigenvalue weighted by molar-refractivity contribution is 0.418. The van der Waals surface area contributed by atoms with Gasteiger partial charge in [0.05, 0.1) is 17.2 Å². The average Bonchev–Trinajstić information content (AvgIpc) is 2.51. The van der Waals surface area contributed by atoms with Gasteiger partial charge in [0.1, 0.15) is 11.6 Å². The molecule has 0 saturated heterocycles. The van der Waals surface area contributed by atoms with E-state index in [2.05, 4.69) is 12.6 Å². The Balaban J connectivity index is 2.88. The molecule has 1 aromatic carbocycles. The van der Waals surface area contributed by atoms with E-state index in [9.17, 15) is 4.39 Å². The zero-order valence-corrected chi connectivity index (χ0v) is 8.58. The fourth-order valence-corrected chi connectivity index (χ4v) is 2.55. The molecular weight excluding hydrogens is 207 g/mol. The Labute approximate surface area is 84.6 Å². The number of halogens is 1. The molecule has 0 spiro atoms. The van der Waals surface area contributed by atoms with E-state index < -0.39 is 0 Å². The lowest BCUT2D eigenvalue weighted by Gasteiger charge is -2.02. The minimum Gasteiger partial charge on any atom is -0.496 e. The fourth-order valence-electron chi connectivity index (χ4n) is 1.24. The number of thiol groups is 1. The first-order valence-corrected chi connectivity index (χ1v) is 4.99. The molecule has 1 heterocycles. The highest BCUT2D eigenvalue weighted by Gasteiger charge is 2.10. The van der Waals surface area contributed by atoms with Crippen LogP contribution in [0.3, 0.4) is 0 Å². The molecule has 0 aliphatic rings. The number of ether oxygens (including phenoxy) is 1. The standard InChI is InChI=1S/C9H7FOS2/c1-11-6-3-2-5(10)9-8(6)7(12)4-13-9/h2-4,12H,1H3. The fraction of sp³-hybridized carbons (Fsp3) is 0.111. The van der Waals surface area contributed by atoms with Gasteiger partial charge in [0, 0.05) is 10.3 Å². The Bertz CT molecular complexity index is 450. The van der Waals surface area contributed by atoms with Gasteiger partial charge in [0.25, 0.3) is 0 Å². The van der Waals surface area contributed by atoms with Gasteiger partial charge < -0.3 is 4.74 Å². The van der Waals surface area contributed by atoms with Gasteiger partial charge in [-0.1, -0.05) is 0 Å². The van der Waals surface area contributed by atoms with Gasteiger partial charge in [-0.15, -0.1) is 24.0 Å². The molecule has 13 heavy (non-hydrogen) atoms. The van der Waals surface area contributed by atoms with Crippen molar-refractivity contribution in [2.24, 2.45) is 0 Å². The number of hydrogen-bond acceptors (Lipinski definition) is 3. The summed E-state index contributed by atoms with van der Waals surface area (Å²) in [6.07, 6.45) is 0. The zero-order chi connectivity index (χ0) is 9.42. The van der Waals surface area contributed by atoms with E-state index in [0.29, 0.717) is 10.4 Å². The third kappa shape index (κ3) is 1.30. The summed E-state index contributed by atoms with van der Waals surface area (Å²) in [4.78, 5) is 0.761. The molecule has 0 amide bonds. The second kappa shape index (κ2) is 3.20. The molecule has 0 aliphatic heterocycles. The van der Waals surface area contributed by atoms with E-state index in [1.54, 1.807) is 18.6 Å². The molecule has 0 bridgehead atoms. The molecule has 1 nitrogen and oxygen atoms in total. The van der Waals surface area contributed by atoms with Gasteiger partial charge in [-0.3, -0.25) is 0 Å². The van der Waals surface area contributed by atoms with Crippen molar-refractivity contribution in [3.05, 3.63) is 23.3 Å². The quantitative estimate of drug-likeness (QED) is 0.716. The highest BCUT2D eigenvalue weighted by atomic mass is 32.1. The summed E-state index contributed by atoms with van der Waals surface area (Å²) in [5.41, 5.74) is 0. The Morgan fingerprint density at radius 1 is 1.46 bits per heavy atom. The average molecular weight is 214 g/mol. The molecule has 2 aromatic rings. The Hall–Kier alpha value is -0.740. The Morgan fingerprint density at radius 2 is 2.23 bits per heavy atom. The van der Waals surface area contributed by atoms with Crippen LogP contribution in [-0.4, -0.2) is 7.11 Å². The highest BCUT2D eigenvalue weighted by molar-refractivity contribution is 7.80.